The zero-order chi connectivity index (χ0) is 26.2. The van der Waals surface area contributed by atoms with Crippen LogP contribution in [-0.4, -0.2) is 79.9 Å². The van der Waals surface area contributed by atoms with E-state index in [-0.39, 0.29) is 12.5 Å². The van der Waals surface area contributed by atoms with Crippen LogP contribution in [0, 0.1) is 13.8 Å². The topological polar surface area (TPSA) is 74.3 Å². The summed E-state index contributed by atoms with van der Waals surface area (Å²) in [6.07, 6.45) is -0.594. The Hall–Kier alpha value is -2.61. The summed E-state index contributed by atoms with van der Waals surface area (Å²) in [7, 11) is 1.60. The Kier molecular flexibility index (Phi) is 14.7. The molecule has 1 unspecified atom stereocenters. The number of piperazine rings is 1. The highest BCUT2D eigenvalue weighted by molar-refractivity contribution is 5.93. The molecule has 2 aromatic rings. The number of aliphatic hydroxyl groups is 1. The lowest BCUT2D eigenvalue weighted by atomic mass is 10.1. The highest BCUT2D eigenvalue weighted by Crippen LogP contribution is 2.25. The average molecular weight is 488 g/mol. The number of methoxy groups -OCH3 is 1. The van der Waals surface area contributed by atoms with Crippen molar-refractivity contribution < 1.29 is 19.4 Å². The first-order valence-corrected chi connectivity index (χ1v) is 12.7. The van der Waals surface area contributed by atoms with Gasteiger partial charge in [-0.25, -0.2) is 0 Å². The maximum absolute atomic E-state index is 12.5. The fraction of sp³-hybridized carbons (Fsp3) is 0.536. The van der Waals surface area contributed by atoms with Crippen LogP contribution in [0.1, 0.15) is 38.8 Å². The van der Waals surface area contributed by atoms with E-state index in [0.29, 0.717) is 24.6 Å². The zero-order valence-electron chi connectivity index (χ0n) is 22.6. The number of rotatable bonds is 9. The number of β-amino-alcohol motifs (C(OH)–C–C–N with tert-alkyl or cyclic N) is 1. The van der Waals surface area contributed by atoms with Crippen molar-refractivity contribution in [2.75, 3.05) is 58.3 Å². The molecule has 0 radical (unpaired) electrons. The molecule has 0 aliphatic carbocycles. The van der Waals surface area contributed by atoms with Crippen LogP contribution in [0.3, 0.4) is 0 Å². The number of benzene rings is 2. The first-order valence-electron chi connectivity index (χ1n) is 12.7. The molecule has 196 valence electrons. The molecule has 3 rings (SSSR count). The van der Waals surface area contributed by atoms with E-state index in [0.717, 1.165) is 43.0 Å². The number of anilines is 1. The Morgan fingerprint density at radius 2 is 1.46 bits per heavy atom. The van der Waals surface area contributed by atoms with Gasteiger partial charge >= 0.3 is 0 Å². The van der Waals surface area contributed by atoms with Gasteiger partial charge in [-0.05, 0) is 37.1 Å². The molecule has 7 nitrogen and oxygen atoms in total. The largest absolute Gasteiger partial charge is 0.493 e. The second-order valence-corrected chi connectivity index (χ2v) is 8.01. The molecular weight excluding hydrogens is 442 g/mol. The quantitative estimate of drug-likeness (QED) is 0.548. The van der Waals surface area contributed by atoms with E-state index >= 15 is 0 Å². The number of hydrogen-bond donors (Lipinski definition) is 2. The number of aliphatic hydroxyl groups excluding tert-OH is 1. The molecule has 1 aliphatic rings. The van der Waals surface area contributed by atoms with Gasteiger partial charge in [-0.1, -0.05) is 58.0 Å². The summed E-state index contributed by atoms with van der Waals surface area (Å²) in [6.45, 7) is 16.3. The number of ether oxygens (including phenoxy) is 2. The highest BCUT2D eigenvalue weighted by Gasteiger charge is 2.21. The Morgan fingerprint density at radius 3 is 2.03 bits per heavy atom. The Labute approximate surface area is 212 Å². The molecule has 0 saturated carbocycles. The smallest absolute Gasteiger partial charge is 0.238 e. The third kappa shape index (κ3) is 10.3. The number of nitrogens with one attached hydrogen (secondary N) is 1. The summed E-state index contributed by atoms with van der Waals surface area (Å²) in [6, 6.07) is 13.4. The van der Waals surface area contributed by atoms with Crippen LogP contribution in [-0.2, 0) is 4.79 Å². The summed E-state index contributed by atoms with van der Waals surface area (Å²) in [5.74, 6) is 1.29. The second-order valence-electron chi connectivity index (χ2n) is 8.01. The fourth-order valence-electron chi connectivity index (χ4n) is 3.80. The first kappa shape index (κ1) is 30.4. The predicted octanol–water partition coefficient (Wildman–Crippen LogP) is 4.36. The van der Waals surface area contributed by atoms with E-state index in [4.69, 9.17) is 9.47 Å². The minimum atomic E-state index is -0.594. The van der Waals surface area contributed by atoms with Gasteiger partial charge in [0.25, 0.3) is 0 Å². The molecular formula is C28H45N3O4. The molecule has 1 aliphatic heterocycles. The molecule has 1 fully saturated rings. The molecule has 0 aromatic heterocycles. The van der Waals surface area contributed by atoms with Gasteiger partial charge in [0.1, 0.15) is 12.7 Å². The molecule has 35 heavy (non-hydrogen) atoms. The fourth-order valence-corrected chi connectivity index (χ4v) is 3.80. The number of carbonyl (C=O) groups excluding carboxylic acids is 1. The van der Waals surface area contributed by atoms with Crippen LogP contribution in [0.2, 0.25) is 0 Å². The molecule has 2 aromatic carbocycles. The lowest BCUT2D eigenvalue weighted by Gasteiger charge is -2.35. The maximum atomic E-state index is 12.5. The number of para-hydroxylation sites is 3. The van der Waals surface area contributed by atoms with E-state index in [9.17, 15) is 9.90 Å². The third-order valence-corrected chi connectivity index (χ3v) is 5.55. The van der Waals surface area contributed by atoms with Crippen LogP contribution in [0.25, 0.3) is 0 Å². The van der Waals surface area contributed by atoms with Crippen LogP contribution in [0.15, 0.2) is 42.5 Å². The molecule has 2 N–H and O–H groups in total. The van der Waals surface area contributed by atoms with Crippen molar-refractivity contribution >= 4 is 11.6 Å². The Balaban J connectivity index is 0.00000145. The van der Waals surface area contributed by atoms with Gasteiger partial charge in [0.2, 0.25) is 5.91 Å². The van der Waals surface area contributed by atoms with E-state index in [1.807, 2.05) is 84.0 Å². The number of nitrogens with zero attached hydrogens (tertiary/aromatic N) is 2. The van der Waals surface area contributed by atoms with Gasteiger partial charge in [-0.3, -0.25) is 14.6 Å². The van der Waals surface area contributed by atoms with Gasteiger partial charge in [0.05, 0.1) is 13.7 Å². The first-order chi connectivity index (χ1) is 17.0. The summed E-state index contributed by atoms with van der Waals surface area (Å²) in [5, 5.41) is 13.4. The summed E-state index contributed by atoms with van der Waals surface area (Å²) in [4.78, 5) is 16.8. The van der Waals surface area contributed by atoms with Crippen molar-refractivity contribution in [3.8, 4) is 11.5 Å². The van der Waals surface area contributed by atoms with Crippen molar-refractivity contribution in [3.05, 3.63) is 53.6 Å². The molecule has 0 spiro atoms. The van der Waals surface area contributed by atoms with Crippen molar-refractivity contribution in [1.82, 2.24) is 9.80 Å². The minimum Gasteiger partial charge on any atom is -0.493 e. The standard InChI is InChI=1S/C24H33N3O4.2C2H6/c1-18-7-6-8-19(2)24(18)25-23(29)16-27-13-11-26(12-14-27)15-20(28)17-31-22-10-5-4-9-21(22)30-3;2*1-2/h4-10,20,28H,11-17H2,1-3H3,(H,25,29);2*1-2H3. The third-order valence-electron chi connectivity index (χ3n) is 5.55. The molecule has 1 amide bonds. The highest BCUT2D eigenvalue weighted by atomic mass is 16.5. The summed E-state index contributed by atoms with van der Waals surface area (Å²) >= 11 is 0. The van der Waals surface area contributed by atoms with E-state index in [1.54, 1.807) is 7.11 Å². The predicted molar refractivity (Wildman–Crippen MR) is 145 cm³/mol. The van der Waals surface area contributed by atoms with Crippen LogP contribution < -0.4 is 14.8 Å². The van der Waals surface area contributed by atoms with Crippen LogP contribution in [0.5, 0.6) is 11.5 Å². The van der Waals surface area contributed by atoms with Crippen molar-refractivity contribution in [3.63, 3.8) is 0 Å². The van der Waals surface area contributed by atoms with Gasteiger partial charge in [-0.2, -0.15) is 0 Å². The maximum Gasteiger partial charge on any atom is 0.238 e. The summed E-state index contributed by atoms with van der Waals surface area (Å²) in [5.41, 5.74) is 3.05. The number of carbonyl (C=O) groups is 1. The Morgan fingerprint density at radius 1 is 0.914 bits per heavy atom. The number of hydrogen-bond acceptors (Lipinski definition) is 6. The van der Waals surface area contributed by atoms with Crippen molar-refractivity contribution in [2.24, 2.45) is 0 Å². The van der Waals surface area contributed by atoms with Gasteiger partial charge in [-0.15, -0.1) is 0 Å². The van der Waals surface area contributed by atoms with E-state index < -0.39 is 6.10 Å². The van der Waals surface area contributed by atoms with E-state index in [2.05, 4.69) is 15.1 Å². The summed E-state index contributed by atoms with van der Waals surface area (Å²) < 4.78 is 11.0. The van der Waals surface area contributed by atoms with Gasteiger partial charge < -0.3 is 19.9 Å². The second kappa shape index (κ2) is 16.9. The van der Waals surface area contributed by atoms with E-state index in [1.165, 1.54) is 0 Å². The number of aryl methyl sites for hydroxylation is 2. The zero-order valence-corrected chi connectivity index (χ0v) is 22.6. The molecule has 0 bridgehead atoms. The Bertz CT molecular complexity index is 847. The molecule has 1 saturated heterocycles. The van der Waals surface area contributed by atoms with Crippen molar-refractivity contribution in [2.45, 2.75) is 47.6 Å². The lowest BCUT2D eigenvalue weighted by Crippen LogP contribution is -2.50. The van der Waals surface area contributed by atoms with Crippen molar-refractivity contribution in [1.29, 1.82) is 0 Å². The van der Waals surface area contributed by atoms with Gasteiger partial charge in [0.15, 0.2) is 11.5 Å². The van der Waals surface area contributed by atoms with Crippen LogP contribution >= 0.6 is 0 Å². The molecule has 7 heteroatoms. The lowest BCUT2D eigenvalue weighted by molar-refractivity contribution is -0.117. The monoisotopic (exact) mass is 487 g/mol. The molecule has 1 atom stereocenters. The van der Waals surface area contributed by atoms with Gasteiger partial charge in [0, 0.05) is 38.4 Å². The SMILES string of the molecule is CC.CC.COc1ccccc1OCC(O)CN1CCN(CC(=O)Nc2c(C)cccc2C)CC1. The number of amides is 1. The minimum absolute atomic E-state index is 0.0103. The normalized spacial score (nSPS) is 14.5. The van der Waals surface area contributed by atoms with Crippen LogP contribution in [0.4, 0.5) is 5.69 Å². The average Bonchev–Trinajstić information content (AvgIpc) is 2.89. The molecule has 1 heterocycles.